The number of halogens is 1. The zero-order valence-corrected chi connectivity index (χ0v) is 13.8. The van der Waals surface area contributed by atoms with Crippen LogP contribution < -0.4 is 10.1 Å². The number of benzene rings is 1. The number of pyridine rings is 1. The molecule has 0 aliphatic heterocycles. The van der Waals surface area contributed by atoms with Crippen LogP contribution in [0.3, 0.4) is 0 Å². The second-order valence-electron chi connectivity index (χ2n) is 4.88. The van der Waals surface area contributed by atoms with Crippen LogP contribution in [0, 0.1) is 13.8 Å². The number of rotatable bonds is 4. The van der Waals surface area contributed by atoms with Gasteiger partial charge in [-0.05, 0) is 60.5 Å². The topological polar surface area (TPSA) is 34.1 Å². The minimum absolute atomic E-state index is 0.146. The Morgan fingerprint density at radius 1 is 1.20 bits per heavy atom. The van der Waals surface area contributed by atoms with Gasteiger partial charge in [0.2, 0.25) is 0 Å². The van der Waals surface area contributed by atoms with E-state index in [0.717, 1.165) is 27.3 Å². The van der Waals surface area contributed by atoms with Gasteiger partial charge in [0.05, 0.1) is 24.5 Å². The third-order valence-corrected chi connectivity index (χ3v) is 3.72. The van der Waals surface area contributed by atoms with Crippen LogP contribution in [0.5, 0.6) is 5.75 Å². The lowest BCUT2D eigenvalue weighted by atomic mass is 10.0. The second-order valence-corrected chi connectivity index (χ2v) is 5.69. The monoisotopic (exact) mass is 334 g/mol. The standard InChI is InChI=1S/C16H19BrN2O/c1-10-5-6-13(15(9-10)20-4)11(2)18-14-7-8-16(17)19-12(14)3/h5-9,11,18H,1-4H3. The third kappa shape index (κ3) is 3.31. The summed E-state index contributed by atoms with van der Waals surface area (Å²) in [7, 11) is 1.71. The molecular weight excluding hydrogens is 316 g/mol. The number of nitrogens with zero attached hydrogens (tertiary/aromatic N) is 1. The van der Waals surface area contributed by atoms with Gasteiger partial charge in [0, 0.05) is 5.56 Å². The number of hydrogen-bond donors (Lipinski definition) is 1. The molecule has 0 amide bonds. The molecule has 3 nitrogen and oxygen atoms in total. The molecule has 0 aliphatic rings. The Bertz CT molecular complexity index is 613. The van der Waals surface area contributed by atoms with Gasteiger partial charge < -0.3 is 10.1 Å². The van der Waals surface area contributed by atoms with Crippen LogP contribution >= 0.6 is 15.9 Å². The lowest BCUT2D eigenvalue weighted by molar-refractivity contribution is 0.407. The number of aryl methyl sites for hydroxylation is 2. The first-order valence-corrected chi connectivity index (χ1v) is 7.34. The van der Waals surface area contributed by atoms with Crippen molar-refractivity contribution in [2.75, 3.05) is 12.4 Å². The number of anilines is 1. The van der Waals surface area contributed by atoms with Crippen LogP contribution in [-0.4, -0.2) is 12.1 Å². The quantitative estimate of drug-likeness (QED) is 0.827. The van der Waals surface area contributed by atoms with Crippen molar-refractivity contribution in [3.05, 3.63) is 51.8 Å². The SMILES string of the molecule is COc1cc(C)ccc1C(C)Nc1ccc(Br)nc1C. The highest BCUT2D eigenvalue weighted by atomic mass is 79.9. The van der Waals surface area contributed by atoms with Crippen LogP contribution in [-0.2, 0) is 0 Å². The lowest BCUT2D eigenvalue weighted by Crippen LogP contribution is -2.09. The fourth-order valence-electron chi connectivity index (χ4n) is 2.17. The molecule has 0 saturated heterocycles. The molecule has 0 aliphatic carbocycles. The van der Waals surface area contributed by atoms with Crippen molar-refractivity contribution in [1.29, 1.82) is 0 Å². The highest BCUT2D eigenvalue weighted by molar-refractivity contribution is 9.10. The van der Waals surface area contributed by atoms with Crippen molar-refractivity contribution in [3.63, 3.8) is 0 Å². The Morgan fingerprint density at radius 3 is 2.60 bits per heavy atom. The molecule has 2 rings (SSSR count). The van der Waals surface area contributed by atoms with Crippen LogP contribution in [0.2, 0.25) is 0 Å². The van der Waals surface area contributed by atoms with Gasteiger partial charge >= 0.3 is 0 Å². The predicted octanol–water partition coefficient (Wildman–Crippen LogP) is 4.64. The highest BCUT2D eigenvalue weighted by Gasteiger charge is 2.12. The molecule has 20 heavy (non-hydrogen) atoms. The van der Waals surface area contributed by atoms with Crippen molar-refractivity contribution in [3.8, 4) is 5.75 Å². The number of nitrogens with one attached hydrogen (secondary N) is 1. The van der Waals surface area contributed by atoms with E-state index in [-0.39, 0.29) is 6.04 Å². The molecule has 0 fully saturated rings. The fraction of sp³-hybridized carbons (Fsp3) is 0.312. The van der Waals surface area contributed by atoms with Crippen molar-refractivity contribution in [1.82, 2.24) is 4.98 Å². The molecule has 1 aromatic heterocycles. The van der Waals surface area contributed by atoms with Gasteiger partial charge in [-0.3, -0.25) is 0 Å². The van der Waals surface area contributed by atoms with Crippen LogP contribution in [0.1, 0.15) is 29.8 Å². The minimum atomic E-state index is 0.146. The Hall–Kier alpha value is -1.55. The summed E-state index contributed by atoms with van der Waals surface area (Å²) in [5, 5.41) is 3.48. The first kappa shape index (κ1) is 14.9. The zero-order chi connectivity index (χ0) is 14.7. The van der Waals surface area contributed by atoms with E-state index >= 15 is 0 Å². The summed E-state index contributed by atoms with van der Waals surface area (Å²) < 4.78 is 6.32. The van der Waals surface area contributed by atoms with Crippen molar-refractivity contribution < 1.29 is 4.74 Å². The summed E-state index contributed by atoms with van der Waals surface area (Å²) >= 11 is 3.38. The zero-order valence-electron chi connectivity index (χ0n) is 12.2. The van der Waals surface area contributed by atoms with Gasteiger partial charge in [0.25, 0.3) is 0 Å². The van der Waals surface area contributed by atoms with Gasteiger partial charge in [-0.25, -0.2) is 4.98 Å². The van der Waals surface area contributed by atoms with Gasteiger partial charge in [0.1, 0.15) is 10.4 Å². The summed E-state index contributed by atoms with van der Waals surface area (Å²) in [6.45, 7) is 6.17. The first-order chi connectivity index (χ1) is 9.51. The van der Waals surface area contributed by atoms with Gasteiger partial charge in [0.15, 0.2) is 0 Å². The fourth-order valence-corrected chi connectivity index (χ4v) is 2.57. The molecule has 1 atom stereocenters. The second kappa shape index (κ2) is 6.27. The van der Waals surface area contributed by atoms with Crippen LogP contribution in [0.25, 0.3) is 0 Å². The number of ether oxygens (including phenoxy) is 1. The minimum Gasteiger partial charge on any atom is -0.496 e. The molecule has 1 unspecified atom stereocenters. The number of methoxy groups -OCH3 is 1. The van der Waals surface area contributed by atoms with E-state index in [4.69, 9.17) is 4.74 Å². The molecule has 0 spiro atoms. The predicted molar refractivity (Wildman–Crippen MR) is 86.4 cm³/mol. The maximum Gasteiger partial charge on any atom is 0.124 e. The molecule has 4 heteroatoms. The smallest absolute Gasteiger partial charge is 0.124 e. The molecule has 1 heterocycles. The number of hydrogen-bond acceptors (Lipinski definition) is 3. The van der Waals surface area contributed by atoms with Crippen molar-refractivity contribution >= 4 is 21.6 Å². The Labute approximate surface area is 128 Å². The molecule has 0 saturated carbocycles. The normalized spacial score (nSPS) is 12.1. The molecule has 1 aromatic carbocycles. The Kier molecular flexibility index (Phi) is 4.65. The average molecular weight is 335 g/mol. The third-order valence-electron chi connectivity index (χ3n) is 3.28. The summed E-state index contributed by atoms with van der Waals surface area (Å²) in [5.74, 6) is 0.910. The van der Waals surface area contributed by atoms with Gasteiger partial charge in [-0.2, -0.15) is 0 Å². The van der Waals surface area contributed by atoms with Gasteiger partial charge in [-0.15, -0.1) is 0 Å². The molecule has 1 N–H and O–H groups in total. The van der Waals surface area contributed by atoms with Crippen LogP contribution in [0.15, 0.2) is 34.9 Å². The molecule has 2 aromatic rings. The Balaban J connectivity index is 2.25. The summed E-state index contributed by atoms with van der Waals surface area (Å²) in [4.78, 5) is 4.40. The van der Waals surface area contributed by atoms with Gasteiger partial charge in [-0.1, -0.05) is 12.1 Å². The van der Waals surface area contributed by atoms with E-state index < -0.39 is 0 Å². The molecule has 0 radical (unpaired) electrons. The number of aromatic nitrogens is 1. The maximum absolute atomic E-state index is 5.47. The lowest BCUT2D eigenvalue weighted by Gasteiger charge is -2.19. The van der Waals surface area contributed by atoms with Crippen molar-refractivity contribution in [2.24, 2.45) is 0 Å². The molecule has 106 valence electrons. The maximum atomic E-state index is 5.47. The first-order valence-electron chi connectivity index (χ1n) is 6.55. The largest absolute Gasteiger partial charge is 0.496 e. The molecular formula is C16H19BrN2O. The van der Waals surface area contributed by atoms with E-state index in [9.17, 15) is 0 Å². The highest BCUT2D eigenvalue weighted by Crippen LogP contribution is 2.29. The average Bonchev–Trinajstić information content (AvgIpc) is 2.41. The summed E-state index contributed by atoms with van der Waals surface area (Å²) in [6.07, 6.45) is 0. The summed E-state index contributed by atoms with van der Waals surface area (Å²) in [5.41, 5.74) is 4.33. The van der Waals surface area contributed by atoms with E-state index in [0.29, 0.717) is 0 Å². The van der Waals surface area contributed by atoms with Crippen LogP contribution in [0.4, 0.5) is 5.69 Å². The van der Waals surface area contributed by atoms with E-state index in [1.54, 1.807) is 7.11 Å². The summed E-state index contributed by atoms with van der Waals surface area (Å²) in [6, 6.07) is 10.4. The van der Waals surface area contributed by atoms with E-state index in [1.165, 1.54) is 5.56 Å². The van der Waals surface area contributed by atoms with Crippen molar-refractivity contribution in [2.45, 2.75) is 26.8 Å². The van der Waals surface area contributed by atoms with E-state index in [2.05, 4.69) is 58.3 Å². The van der Waals surface area contributed by atoms with E-state index in [1.807, 2.05) is 19.1 Å². The Morgan fingerprint density at radius 2 is 1.95 bits per heavy atom. The molecule has 0 bridgehead atoms.